The van der Waals surface area contributed by atoms with Crippen LogP contribution in [0, 0.1) is 0 Å². The highest BCUT2D eigenvalue weighted by atomic mass is 15.4. The summed E-state index contributed by atoms with van der Waals surface area (Å²) in [5, 5.41) is 0. The number of aromatic nitrogens is 1. The molecule has 16 heavy (non-hydrogen) atoms. The molecule has 1 aromatic rings. The van der Waals surface area contributed by atoms with Gasteiger partial charge >= 0.3 is 0 Å². The van der Waals surface area contributed by atoms with E-state index in [1.54, 1.807) is 0 Å². The Hall–Kier alpha value is -1.77. The monoisotopic (exact) mass is 216 g/mol. The molecule has 0 saturated carbocycles. The molecule has 0 aliphatic carbocycles. The molecule has 3 nitrogen and oxygen atoms in total. The number of hydrogen-bond donors (Lipinski definition) is 0. The van der Waals surface area contributed by atoms with Crippen LogP contribution in [0.5, 0.6) is 0 Å². The van der Waals surface area contributed by atoms with Gasteiger partial charge in [0.2, 0.25) is 5.69 Å². The second-order valence-electron chi connectivity index (χ2n) is 4.14. The van der Waals surface area contributed by atoms with Gasteiger partial charge in [0, 0.05) is 44.7 Å². The van der Waals surface area contributed by atoms with Crippen LogP contribution in [0.2, 0.25) is 0 Å². The molecule has 0 unspecified atom stereocenters. The molecule has 0 radical (unpaired) electrons. The number of pyridine rings is 1. The smallest absolute Gasteiger partial charge is 0.204 e. The van der Waals surface area contributed by atoms with E-state index in [0.29, 0.717) is 6.17 Å². The van der Waals surface area contributed by atoms with Crippen LogP contribution in [0.4, 0.5) is 0 Å². The molecule has 0 bridgehead atoms. The van der Waals surface area contributed by atoms with Crippen LogP contribution in [-0.4, -0.2) is 30.1 Å². The van der Waals surface area contributed by atoms with Crippen molar-refractivity contribution in [1.82, 2.24) is 9.80 Å². The molecular weight excluding hydrogens is 198 g/mol. The molecule has 0 amide bonds. The van der Waals surface area contributed by atoms with E-state index in [0.717, 1.165) is 0 Å². The summed E-state index contributed by atoms with van der Waals surface area (Å²) in [7, 11) is 6.22. The number of hydrogen-bond acceptors (Lipinski definition) is 2. The van der Waals surface area contributed by atoms with Gasteiger partial charge in [0.05, 0.1) is 0 Å². The maximum Gasteiger partial charge on any atom is 0.204 e. The topological polar surface area (TPSA) is 10.4 Å². The molecule has 3 heteroatoms. The van der Waals surface area contributed by atoms with E-state index in [1.807, 2.05) is 6.07 Å². The van der Waals surface area contributed by atoms with Crippen molar-refractivity contribution < 1.29 is 4.57 Å². The molecule has 0 saturated heterocycles. The van der Waals surface area contributed by atoms with Crippen LogP contribution in [0.15, 0.2) is 42.9 Å². The molecule has 1 aliphatic rings. The van der Waals surface area contributed by atoms with Crippen molar-refractivity contribution in [1.29, 1.82) is 0 Å². The highest BCUT2D eigenvalue weighted by molar-refractivity contribution is 5.42. The van der Waals surface area contributed by atoms with Crippen molar-refractivity contribution in [2.75, 3.05) is 14.1 Å². The largest absolute Gasteiger partial charge is 0.356 e. The first-order chi connectivity index (χ1) is 7.68. The normalized spacial score (nSPS) is 16.7. The van der Waals surface area contributed by atoms with E-state index in [4.69, 9.17) is 0 Å². The Balaban J connectivity index is 2.13. The van der Waals surface area contributed by atoms with Gasteiger partial charge in [-0.15, -0.1) is 0 Å². The Kier molecular flexibility index (Phi) is 2.95. The first-order valence-electron chi connectivity index (χ1n) is 5.43. The highest BCUT2D eigenvalue weighted by Gasteiger charge is 2.17. The lowest BCUT2D eigenvalue weighted by atomic mass is 10.3. The lowest BCUT2D eigenvalue weighted by Crippen LogP contribution is -2.33. The standard InChI is InChI=1S/C13H18N3/c1-14-9-5-4-6-12(14)7-8-13-15(2)10-11-16(13)3/h4-11,13H,1-3H3/q+1. The lowest BCUT2D eigenvalue weighted by Gasteiger charge is -2.23. The van der Waals surface area contributed by atoms with Crippen LogP contribution in [-0.2, 0) is 7.05 Å². The van der Waals surface area contributed by atoms with Crippen LogP contribution >= 0.6 is 0 Å². The third-order valence-electron chi connectivity index (χ3n) is 2.91. The van der Waals surface area contributed by atoms with Gasteiger partial charge in [-0.1, -0.05) is 0 Å². The summed E-state index contributed by atoms with van der Waals surface area (Å²) in [5.41, 5.74) is 1.20. The summed E-state index contributed by atoms with van der Waals surface area (Å²) < 4.78 is 2.11. The summed E-state index contributed by atoms with van der Waals surface area (Å²) in [6.45, 7) is 0. The highest BCUT2D eigenvalue weighted by Crippen LogP contribution is 2.13. The summed E-state index contributed by atoms with van der Waals surface area (Å²) in [6, 6.07) is 6.20. The Morgan fingerprint density at radius 3 is 2.50 bits per heavy atom. The van der Waals surface area contributed by atoms with E-state index in [9.17, 15) is 0 Å². The molecule has 0 fully saturated rings. The molecule has 2 rings (SSSR count). The summed E-state index contributed by atoms with van der Waals surface area (Å²) in [4.78, 5) is 4.36. The zero-order chi connectivity index (χ0) is 11.5. The summed E-state index contributed by atoms with van der Waals surface area (Å²) in [6.07, 6.45) is 10.9. The lowest BCUT2D eigenvalue weighted by molar-refractivity contribution is -0.673. The number of aryl methyl sites for hydroxylation is 1. The molecule has 0 atom stereocenters. The Bertz CT molecular complexity index is 411. The second-order valence-corrected chi connectivity index (χ2v) is 4.14. The number of rotatable bonds is 2. The van der Waals surface area contributed by atoms with Gasteiger partial charge in [0.15, 0.2) is 6.20 Å². The first-order valence-corrected chi connectivity index (χ1v) is 5.43. The van der Waals surface area contributed by atoms with Crippen LogP contribution in [0.1, 0.15) is 5.69 Å². The maximum atomic E-state index is 2.20. The second kappa shape index (κ2) is 4.39. The van der Waals surface area contributed by atoms with Crippen molar-refractivity contribution in [3.63, 3.8) is 0 Å². The third kappa shape index (κ3) is 2.08. The van der Waals surface area contributed by atoms with Crippen molar-refractivity contribution in [2.24, 2.45) is 7.05 Å². The van der Waals surface area contributed by atoms with Crippen molar-refractivity contribution in [2.45, 2.75) is 6.17 Å². The Morgan fingerprint density at radius 1 is 1.19 bits per heavy atom. The van der Waals surface area contributed by atoms with Crippen LogP contribution in [0.25, 0.3) is 6.08 Å². The fraction of sp³-hybridized carbons (Fsp3) is 0.308. The first kappa shape index (κ1) is 10.7. The molecule has 2 heterocycles. The molecule has 0 N–H and O–H groups in total. The maximum absolute atomic E-state index is 2.20. The summed E-state index contributed by atoms with van der Waals surface area (Å²) >= 11 is 0. The average molecular weight is 216 g/mol. The molecule has 1 aliphatic heterocycles. The van der Waals surface area contributed by atoms with Crippen LogP contribution in [0.3, 0.4) is 0 Å². The predicted octanol–water partition coefficient (Wildman–Crippen LogP) is 1.20. The fourth-order valence-corrected chi connectivity index (χ4v) is 1.84. The Morgan fingerprint density at radius 2 is 1.88 bits per heavy atom. The molecule has 0 aromatic carbocycles. The molecular formula is C13H18N3+. The summed E-state index contributed by atoms with van der Waals surface area (Å²) in [5.74, 6) is 0. The van der Waals surface area contributed by atoms with Crippen molar-refractivity contribution >= 4 is 6.08 Å². The SMILES string of the molecule is CN1C=CN(C)C1C=Cc1cccc[n+]1C. The van der Waals surface area contributed by atoms with Gasteiger partial charge in [0.1, 0.15) is 13.2 Å². The third-order valence-corrected chi connectivity index (χ3v) is 2.91. The molecule has 1 aromatic heterocycles. The van der Waals surface area contributed by atoms with Gasteiger partial charge in [-0.25, -0.2) is 4.57 Å². The average Bonchev–Trinajstić information content (AvgIpc) is 2.58. The van der Waals surface area contributed by atoms with E-state index >= 15 is 0 Å². The minimum Gasteiger partial charge on any atom is -0.356 e. The fourth-order valence-electron chi connectivity index (χ4n) is 1.84. The zero-order valence-electron chi connectivity index (χ0n) is 10.0. The van der Waals surface area contributed by atoms with E-state index in [2.05, 4.69) is 78.4 Å². The van der Waals surface area contributed by atoms with Crippen LogP contribution < -0.4 is 4.57 Å². The van der Waals surface area contributed by atoms with Gasteiger partial charge in [-0.2, -0.15) is 0 Å². The van der Waals surface area contributed by atoms with Gasteiger partial charge < -0.3 is 9.80 Å². The molecule has 84 valence electrons. The quantitative estimate of drug-likeness (QED) is 0.688. The molecule has 0 spiro atoms. The zero-order valence-corrected chi connectivity index (χ0v) is 10.0. The van der Waals surface area contributed by atoms with Crippen molar-refractivity contribution in [3.05, 3.63) is 48.6 Å². The van der Waals surface area contributed by atoms with Crippen molar-refractivity contribution in [3.8, 4) is 0 Å². The van der Waals surface area contributed by atoms with E-state index < -0.39 is 0 Å². The van der Waals surface area contributed by atoms with E-state index in [1.165, 1.54) is 5.69 Å². The minimum absolute atomic E-state index is 0.320. The van der Waals surface area contributed by atoms with Gasteiger partial charge in [-0.3, -0.25) is 0 Å². The van der Waals surface area contributed by atoms with Gasteiger partial charge in [-0.05, 0) is 12.1 Å². The predicted molar refractivity (Wildman–Crippen MR) is 65.1 cm³/mol. The van der Waals surface area contributed by atoms with Gasteiger partial charge in [0.25, 0.3) is 0 Å². The van der Waals surface area contributed by atoms with E-state index in [-0.39, 0.29) is 0 Å². The number of nitrogens with zero attached hydrogens (tertiary/aromatic N) is 3. The Labute approximate surface area is 96.9 Å². The minimum atomic E-state index is 0.320. The number of likely N-dealkylation sites (N-methyl/N-ethyl adjacent to an activating group) is 2.